The minimum atomic E-state index is -0.350. The van der Waals surface area contributed by atoms with Gasteiger partial charge in [0.25, 0.3) is 5.69 Å². The molecular formula is C18H29NO2S. The van der Waals surface area contributed by atoms with Gasteiger partial charge in [0.2, 0.25) is 0 Å². The van der Waals surface area contributed by atoms with Gasteiger partial charge in [-0.25, -0.2) is 0 Å². The van der Waals surface area contributed by atoms with Gasteiger partial charge < -0.3 is 0 Å². The molecule has 0 bridgehead atoms. The Balaban J connectivity index is 1.94. The number of thioether (sulfide) groups is 1. The summed E-state index contributed by atoms with van der Waals surface area (Å²) in [6, 6.07) is 6.86. The maximum Gasteiger partial charge on any atom is 0.269 e. The Bertz CT molecular complexity index is 406. The molecule has 0 atom stereocenters. The van der Waals surface area contributed by atoms with E-state index in [1.807, 2.05) is 12.1 Å². The van der Waals surface area contributed by atoms with Gasteiger partial charge in [0.05, 0.1) is 4.92 Å². The lowest BCUT2D eigenvalue weighted by Crippen LogP contribution is -1.87. The number of unbranched alkanes of at least 4 members (excludes halogenated alkanes) is 9. The van der Waals surface area contributed by atoms with Crippen molar-refractivity contribution in [2.45, 2.75) is 76.0 Å². The molecule has 0 saturated heterocycles. The molecule has 0 fully saturated rings. The van der Waals surface area contributed by atoms with Crippen molar-refractivity contribution in [1.29, 1.82) is 0 Å². The van der Waals surface area contributed by atoms with E-state index in [0.717, 1.165) is 10.6 Å². The van der Waals surface area contributed by atoms with Crippen LogP contribution in [0.15, 0.2) is 29.2 Å². The second kappa shape index (κ2) is 12.5. The standard InChI is InChI=1S/C18H29NO2S/c1-2-3-4-5-6-7-8-9-10-11-16-22-18-14-12-17(13-15-18)19(20)21/h12-15H,2-11,16H2,1H3. The molecule has 124 valence electrons. The van der Waals surface area contributed by atoms with E-state index >= 15 is 0 Å². The lowest BCUT2D eigenvalue weighted by atomic mass is 10.1. The SMILES string of the molecule is CCCCCCCCCCCCSc1ccc([N+](=O)[O-])cc1. The third-order valence-corrected chi connectivity index (χ3v) is 4.91. The Labute approximate surface area is 139 Å². The van der Waals surface area contributed by atoms with E-state index in [-0.39, 0.29) is 10.6 Å². The van der Waals surface area contributed by atoms with Crippen LogP contribution in [-0.2, 0) is 0 Å². The Morgan fingerprint density at radius 1 is 0.864 bits per heavy atom. The van der Waals surface area contributed by atoms with Crippen LogP contribution < -0.4 is 0 Å². The van der Waals surface area contributed by atoms with E-state index < -0.39 is 0 Å². The van der Waals surface area contributed by atoms with Crippen molar-refractivity contribution >= 4 is 17.4 Å². The molecule has 0 heterocycles. The maximum atomic E-state index is 10.6. The highest BCUT2D eigenvalue weighted by atomic mass is 32.2. The monoisotopic (exact) mass is 323 g/mol. The molecule has 0 saturated carbocycles. The molecule has 22 heavy (non-hydrogen) atoms. The van der Waals surface area contributed by atoms with E-state index in [0.29, 0.717) is 0 Å². The molecule has 0 spiro atoms. The van der Waals surface area contributed by atoms with E-state index in [2.05, 4.69) is 6.92 Å². The van der Waals surface area contributed by atoms with Crippen molar-refractivity contribution in [2.75, 3.05) is 5.75 Å². The summed E-state index contributed by atoms with van der Waals surface area (Å²) in [6.07, 6.45) is 13.6. The maximum absolute atomic E-state index is 10.6. The Kier molecular flexibility index (Phi) is 10.8. The third kappa shape index (κ3) is 9.08. The molecule has 0 N–H and O–H groups in total. The van der Waals surface area contributed by atoms with Crippen LogP contribution in [0.5, 0.6) is 0 Å². The number of nitro groups is 1. The fourth-order valence-corrected chi connectivity index (χ4v) is 3.36. The van der Waals surface area contributed by atoms with E-state index in [1.54, 1.807) is 23.9 Å². The van der Waals surface area contributed by atoms with Crippen molar-refractivity contribution in [3.63, 3.8) is 0 Å². The fourth-order valence-electron chi connectivity index (χ4n) is 2.44. The van der Waals surface area contributed by atoms with Gasteiger partial charge in [0.1, 0.15) is 0 Å². The first-order valence-electron chi connectivity index (χ1n) is 8.61. The number of rotatable bonds is 13. The number of hydrogen-bond acceptors (Lipinski definition) is 3. The molecule has 0 aliphatic carbocycles. The normalized spacial score (nSPS) is 10.8. The highest BCUT2D eigenvalue weighted by Crippen LogP contribution is 2.22. The van der Waals surface area contributed by atoms with Crippen molar-refractivity contribution in [3.8, 4) is 0 Å². The topological polar surface area (TPSA) is 43.1 Å². The first-order chi connectivity index (χ1) is 10.7. The van der Waals surface area contributed by atoms with Crippen LogP contribution in [-0.4, -0.2) is 10.7 Å². The molecule has 0 radical (unpaired) electrons. The lowest BCUT2D eigenvalue weighted by Gasteiger charge is -2.03. The van der Waals surface area contributed by atoms with Crippen LogP contribution in [0.2, 0.25) is 0 Å². The molecule has 0 unspecified atom stereocenters. The highest BCUT2D eigenvalue weighted by Gasteiger charge is 2.03. The average Bonchev–Trinajstić information content (AvgIpc) is 2.53. The molecular weight excluding hydrogens is 294 g/mol. The number of non-ortho nitro benzene ring substituents is 1. The Hall–Kier alpha value is -1.03. The summed E-state index contributed by atoms with van der Waals surface area (Å²) in [5.41, 5.74) is 0.170. The van der Waals surface area contributed by atoms with Gasteiger partial charge in [0.15, 0.2) is 0 Å². The van der Waals surface area contributed by atoms with Crippen LogP contribution in [0.4, 0.5) is 5.69 Å². The number of benzene rings is 1. The average molecular weight is 324 g/mol. The molecule has 4 heteroatoms. The first-order valence-corrected chi connectivity index (χ1v) is 9.60. The quantitative estimate of drug-likeness (QED) is 0.177. The smallest absolute Gasteiger partial charge is 0.258 e. The molecule has 1 aromatic carbocycles. The summed E-state index contributed by atoms with van der Waals surface area (Å²) in [5, 5.41) is 10.6. The van der Waals surface area contributed by atoms with E-state index in [4.69, 9.17) is 0 Å². The third-order valence-electron chi connectivity index (χ3n) is 3.81. The molecule has 0 aromatic heterocycles. The molecule has 1 aromatic rings. The van der Waals surface area contributed by atoms with Gasteiger partial charge in [-0.1, -0.05) is 64.7 Å². The summed E-state index contributed by atoms with van der Waals surface area (Å²) in [7, 11) is 0. The number of hydrogen-bond donors (Lipinski definition) is 0. The molecule has 3 nitrogen and oxygen atoms in total. The Morgan fingerprint density at radius 2 is 1.36 bits per heavy atom. The fraction of sp³-hybridized carbons (Fsp3) is 0.667. The number of nitro benzene ring substituents is 1. The predicted octanol–water partition coefficient (Wildman–Crippen LogP) is 6.61. The zero-order chi connectivity index (χ0) is 16.0. The zero-order valence-corrected chi connectivity index (χ0v) is 14.6. The summed E-state index contributed by atoms with van der Waals surface area (Å²) in [4.78, 5) is 11.3. The van der Waals surface area contributed by atoms with Crippen LogP contribution >= 0.6 is 11.8 Å². The molecule has 0 aliphatic heterocycles. The van der Waals surface area contributed by atoms with Crippen LogP contribution in [0.3, 0.4) is 0 Å². The van der Waals surface area contributed by atoms with Crippen LogP contribution in [0.1, 0.15) is 71.1 Å². The molecule has 1 rings (SSSR count). The summed E-state index contributed by atoms with van der Waals surface area (Å²) >= 11 is 1.80. The summed E-state index contributed by atoms with van der Waals surface area (Å²) in [5.74, 6) is 1.11. The highest BCUT2D eigenvalue weighted by molar-refractivity contribution is 7.99. The van der Waals surface area contributed by atoms with Gasteiger partial charge >= 0.3 is 0 Å². The minimum absolute atomic E-state index is 0.170. The van der Waals surface area contributed by atoms with Gasteiger partial charge in [-0.3, -0.25) is 10.1 Å². The van der Waals surface area contributed by atoms with Crippen LogP contribution in [0.25, 0.3) is 0 Å². The second-order valence-electron chi connectivity index (χ2n) is 5.78. The lowest BCUT2D eigenvalue weighted by molar-refractivity contribution is -0.384. The van der Waals surface area contributed by atoms with E-state index in [9.17, 15) is 10.1 Å². The Morgan fingerprint density at radius 3 is 1.86 bits per heavy atom. The number of nitrogens with zero attached hydrogens (tertiary/aromatic N) is 1. The summed E-state index contributed by atoms with van der Waals surface area (Å²) < 4.78 is 0. The van der Waals surface area contributed by atoms with Crippen molar-refractivity contribution in [1.82, 2.24) is 0 Å². The van der Waals surface area contributed by atoms with Gasteiger partial charge in [-0.05, 0) is 24.3 Å². The molecule has 0 aliphatic rings. The predicted molar refractivity (Wildman–Crippen MR) is 95.7 cm³/mol. The van der Waals surface area contributed by atoms with Gasteiger partial charge in [-0.2, -0.15) is 0 Å². The van der Waals surface area contributed by atoms with Crippen molar-refractivity contribution in [3.05, 3.63) is 34.4 Å². The first kappa shape index (κ1) is 19.0. The summed E-state index contributed by atoms with van der Waals surface area (Å²) in [6.45, 7) is 2.26. The van der Waals surface area contributed by atoms with Crippen molar-refractivity contribution < 1.29 is 4.92 Å². The molecule has 0 amide bonds. The van der Waals surface area contributed by atoms with Crippen molar-refractivity contribution in [2.24, 2.45) is 0 Å². The van der Waals surface area contributed by atoms with Gasteiger partial charge in [0, 0.05) is 17.0 Å². The minimum Gasteiger partial charge on any atom is -0.258 e. The van der Waals surface area contributed by atoms with E-state index in [1.165, 1.54) is 64.2 Å². The zero-order valence-electron chi connectivity index (χ0n) is 13.8. The van der Waals surface area contributed by atoms with Gasteiger partial charge in [-0.15, -0.1) is 11.8 Å². The van der Waals surface area contributed by atoms with Crippen LogP contribution in [0, 0.1) is 10.1 Å². The second-order valence-corrected chi connectivity index (χ2v) is 6.95. The largest absolute Gasteiger partial charge is 0.269 e.